The molecule has 0 aliphatic rings. The van der Waals surface area contributed by atoms with Crippen molar-refractivity contribution in [3.05, 3.63) is 35.0 Å². The van der Waals surface area contributed by atoms with E-state index in [1.165, 1.54) is 0 Å². The highest BCUT2D eigenvalue weighted by Crippen LogP contribution is 2.20. The van der Waals surface area contributed by atoms with Gasteiger partial charge in [-0.1, -0.05) is 11.6 Å². The van der Waals surface area contributed by atoms with Gasteiger partial charge in [-0.3, -0.25) is 0 Å². The molecule has 0 amide bonds. The lowest BCUT2D eigenvalue weighted by atomic mass is 10.2. The van der Waals surface area contributed by atoms with Crippen LogP contribution in [0.4, 0.5) is 0 Å². The first-order chi connectivity index (χ1) is 6.79. The van der Waals surface area contributed by atoms with Gasteiger partial charge in [0.2, 0.25) is 0 Å². The van der Waals surface area contributed by atoms with E-state index in [1.54, 1.807) is 0 Å². The smallest absolute Gasteiger partial charge is 0.120 e. The molecule has 72 valence electrons. The van der Waals surface area contributed by atoms with Crippen molar-refractivity contribution in [3.63, 3.8) is 0 Å². The minimum Gasteiger partial charge on any atom is -0.358 e. The Balaban J connectivity index is 2.36. The summed E-state index contributed by atoms with van der Waals surface area (Å²) in [6, 6.07) is 7.74. The molecule has 0 fully saturated rings. The van der Waals surface area contributed by atoms with Crippen LogP contribution in [0.1, 0.15) is 12.1 Å². The van der Waals surface area contributed by atoms with E-state index in [9.17, 15) is 4.79 Å². The Labute approximate surface area is 86.9 Å². The highest BCUT2D eigenvalue weighted by atomic mass is 35.5. The zero-order valence-corrected chi connectivity index (χ0v) is 8.34. The first-order valence-electron chi connectivity index (χ1n) is 4.50. The minimum absolute atomic E-state index is 0.556. The lowest BCUT2D eigenvalue weighted by Crippen LogP contribution is -1.84. The van der Waals surface area contributed by atoms with Crippen LogP contribution < -0.4 is 0 Å². The van der Waals surface area contributed by atoms with Gasteiger partial charge in [0.1, 0.15) is 6.29 Å². The van der Waals surface area contributed by atoms with Crippen LogP contribution in [0.2, 0.25) is 5.02 Å². The number of hydrogen-bond acceptors (Lipinski definition) is 1. The van der Waals surface area contributed by atoms with E-state index >= 15 is 0 Å². The van der Waals surface area contributed by atoms with Crippen molar-refractivity contribution in [1.29, 1.82) is 0 Å². The van der Waals surface area contributed by atoms with Gasteiger partial charge in [0, 0.05) is 28.0 Å². The van der Waals surface area contributed by atoms with E-state index in [-0.39, 0.29) is 0 Å². The molecular weight excluding hydrogens is 198 g/mol. The summed E-state index contributed by atoms with van der Waals surface area (Å²) in [5.74, 6) is 0. The molecule has 3 heteroatoms. The van der Waals surface area contributed by atoms with Crippen LogP contribution in [0, 0.1) is 0 Å². The summed E-state index contributed by atoms with van der Waals surface area (Å²) in [6.45, 7) is 0. The molecule has 0 saturated heterocycles. The van der Waals surface area contributed by atoms with Gasteiger partial charge in [0.25, 0.3) is 0 Å². The Hall–Kier alpha value is -1.28. The molecule has 1 N–H and O–H groups in total. The fourth-order valence-corrected chi connectivity index (χ4v) is 1.69. The number of H-pyrrole nitrogens is 1. The van der Waals surface area contributed by atoms with Gasteiger partial charge in [-0.05, 0) is 30.7 Å². The highest BCUT2D eigenvalue weighted by molar-refractivity contribution is 6.31. The zero-order valence-electron chi connectivity index (χ0n) is 7.59. The van der Waals surface area contributed by atoms with Crippen molar-refractivity contribution in [2.45, 2.75) is 12.8 Å². The first kappa shape index (κ1) is 9.28. The number of nitrogens with one attached hydrogen (secondary N) is 1. The number of aromatic amines is 1. The van der Waals surface area contributed by atoms with Crippen molar-refractivity contribution in [3.8, 4) is 0 Å². The summed E-state index contributed by atoms with van der Waals surface area (Å²) in [6.07, 6.45) is 2.24. The lowest BCUT2D eigenvalue weighted by molar-refractivity contribution is -0.107. The van der Waals surface area contributed by atoms with Crippen LogP contribution >= 0.6 is 11.6 Å². The molecule has 0 spiro atoms. The van der Waals surface area contributed by atoms with Crippen LogP contribution in [0.15, 0.2) is 24.3 Å². The average molecular weight is 208 g/mol. The normalized spacial score (nSPS) is 10.6. The van der Waals surface area contributed by atoms with Crippen molar-refractivity contribution in [1.82, 2.24) is 4.98 Å². The molecule has 1 aromatic carbocycles. The fourth-order valence-electron chi connectivity index (χ4n) is 1.51. The maximum atomic E-state index is 10.2. The molecule has 1 aromatic heterocycles. The minimum atomic E-state index is 0.556. The largest absolute Gasteiger partial charge is 0.358 e. The average Bonchev–Trinajstić information content (AvgIpc) is 2.56. The van der Waals surface area contributed by atoms with E-state index in [1.807, 2.05) is 24.3 Å². The van der Waals surface area contributed by atoms with E-state index in [0.29, 0.717) is 6.42 Å². The number of carbonyl (C=O) groups excluding carboxylic acids is 1. The SMILES string of the molecule is O=CCCc1cc2cc(Cl)ccc2[nH]1. The van der Waals surface area contributed by atoms with Gasteiger partial charge in [-0.15, -0.1) is 0 Å². The van der Waals surface area contributed by atoms with E-state index in [0.717, 1.165) is 34.3 Å². The molecule has 0 unspecified atom stereocenters. The van der Waals surface area contributed by atoms with Crippen LogP contribution in [-0.2, 0) is 11.2 Å². The molecule has 0 bridgehead atoms. The molecule has 2 nitrogen and oxygen atoms in total. The quantitative estimate of drug-likeness (QED) is 0.772. The monoisotopic (exact) mass is 207 g/mol. The van der Waals surface area contributed by atoms with Gasteiger partial charge >= 0.3 is 0 Å². The maximum Gasteiger partial charge on any atom is 0.120 e. The molecule has 14 heavy (non-hydrogen) atoms. The molecule has 1 heterocycles. The molecule has 0 atom stereocenters. The second-order valence-corrected chi connectivity index (χ2v) is 3.67. The third-order valence-corrected chi connectivity index (χ3v) is 2.41. The van der Waals surface area contributed by atoms with Gasteiger partial charge in [0.15, 0.2) is 0 Å². The molecular formula is C11H10ClNO. The predicted molar refractivity (Wildman–Crippen MR) is 57.7 cm³/mol. The van der Waals surface area contributed by atoms with Gasteiger partial charge in [-0.25, -0.2) is 0 Å². The molecule has 2 rings (SSSR count). The number of hydrogen-bond donors (Lipinski definition) is 1. The number of aryl methyl sites for hydroxylation is 1. The Morgan fingerprint density at radius 3 is 3.00 bits per heavy atom. The number of aldehydes is 1. The molecule has 0 radical (unpaired) electrons. The molecule has 0 saturated carbocycles. The number of carbonyl (C=O) groups is 1. The molecule has 0 aliphatic heterocycles. The third-order valence-electron chi connectivity index (χ3n) is 2.17. The fraction of sp³-hybridized carbons (Fsp3) is 0.182. The summed E-state index contributed by atoms with van der Waals surface area (Å²) in [5, 5.41) is 1.83. The van der Waals surface area contributed by atoms with Gasteiger partial charge in [0.05, 0.1) is 0 Å². The van der Waals surface area contributed by atoms with Crippen LogP contribution in [0.25, 0.3) is 10.9 Å². The Bertz CT molecular complexity index is 461. The van der Waals surface area contributed by atoms with Gasteiger partial charge < -0.3 is 9.78 Å². The first-order valence-corrected chi connectivity index (χ1v) is 4.88. The number of benzene rings is 1. The second kappa shape index (κ2) is 3.84. The van der Waals surface area contributed by atoms with Crippen LogP contribution in [-0.4, -0.2) is 11.3 Å². The number of fused-ring (bicyclic) bond motifs is 1. The Kier molecular flexibility index (Phi) is 2.55. The van der Waals surface area contributed by atoms with Crippen molar-refractivity contribution in [2.24, 2.45) is 0 Å². The topological polar surface area (TPSA) is 32.9 Å². The van der Waals surface area contributed by atoms with Crippen molar-refractivity contribution < 1.29 is 4.79 Å². The van der Waals surface area contributed by atoms with E-state index in [4.69, 9.17) is 11.6 Å². The summed E-state index contributed by atoms with van der Waals surface area (Å²) >= 11 is 5.86. The standard InChI is InChI=1S/C11H10ClNO/c12-9-3-4-11-8(6-9)7-10(13-11)2-1-5-14/h3-7,13H,1-2H2. The Morgan fingerprint density at radius 2 is 2.21 bits per heavy atom. The summed E-state index contributed by atoms with van der Waals surface area (Å²) in [5.41, 5.74) is 2.14. The van der Waals surface area contributed by atoms with Crippen LogP contribution in [0.5, 0.6) is 0 Å². The highest BCUT2D eigenvalue weighted by Gasteiger charge is 2.00. The van der Waals surface area contributed by atoms with E-state index < -0.39 is 0 Å². The molecule has 0 aliphatic carbocycles. The number of aromatic nitrogens is 1. The number of halogens is 1. The maximum absolute atomic E-state index is 10.2. The Morgan fingerprint density at radius 1 is 1.36 bits per heavy atom. The van der Waals surface area contributed by atoms with Crippen molar-refractivity contribution >= 4 is 28.8 Å². The predicted octanol–water partition coefficient (Wildman–Crippen LogP) is 2.95. The second-order valence-electron chi connectivity index (χ2n) is 3.23. The summed E-state index contributed by atoms with van der Waals surface area (Å²) < 4.78 is 0. The summed E-state index contributed by atoms with van der Waals surface area (Å²) in [7, 11) is 0. The zero-order chi connectivity index (χ0) is 9.97. The summed E-state index contributed by atoms with van der Waals surface area (Å²) in [4.78, 5) is 13.5. The van der Waals surface area contributed by atoms with Gasteiger partial charge in [-0.2, -0.15) is 0 Å². The third kappa shape index (κ3) is 1.80. The van der Waals surface area contributed by atoms with E-state index in [2.05, 4.69) is 4.98 Å². The number of rotatable bonds is 3. The van der Waals surface area contributed by atoms with Crippen LogP contribution in [0.3, 0.4) is 0 Å². The lowest BCUT2D eigenvalue weighted by Gasteiger charge is -1.89. The molecule has 2 aromatic rings. The van der Waals surface area contributed by atoms with Crippen molar-refractivity contribution in [2.75, 3.05) is 0 Å².